The van der Waals surface area contributed by atoms with Crippen molar-refractivity contribution in [2.45, 2.75) is 18.9 Å². The molecule has 0 aromatic heterocycles. The Hall–Kier alpha value is -2.01. The highest BCUT2D eigenvalue weighted by Gasteiger charge is 2.35. The number of carboxylic acid groups (broad SMARTS) is 1. The van der Waals surface area contributed by atoms with E-state index in [4.69, 9.17) is 9.47 Å². The summed E-state index contributed by atoms with van der Waals surface area (Å²) >= 11 is 0. The molecule has 1 aliphatic heterocycles. The normalized spacial score (nSPS) is 16.9. The van der Waals surface area contributed by atoms with E-state index >= 15 is 0 Å². The molecule has 2 N–H and O–H groups in total. The summed E-state index contributed by atoms with van der Waals surface area (Å²) in [6.45, 7) is 6.80. The first-order chi connectivity index (χ1) is 9.58. The number of rotatable bonds is 5. The first kappa shape index (κ1) is 14.4. The summed E-state index contributed by atoms with van der Waals surface area (Å²) in [4.78, 5) is 11.6. The van der Waals surface area contributed by atoms with Gasteiger partial charge in [-0.2, -0.15) is 0 Å². The summed E-state index contributed by atoms with van der Waals surface area (Å²) in [5.41, 5.74) is -0.574. The van der Waals surface area contributed by atoms with E-state index in [1.54, 1.807) is 31.2 Å². The lowest BCUT2D eigenvalue weighted by Crippen LogP contribution is -2.46. The number of benzene rings is 1. The average Bonchev–Trinajstić information content (AvgIpc) is 2.68. The van der Waals surface area contributed by atoms with Gasteiger partial charge in [0.25, 0.3) is 0 Å². The van der Waals surface area contributed by atoms with E-state index in [1.807, 2.05) is 0 Å². The fourth-order valence-corrected chi connectivity index (χ4v) is 2.05. The van der Waals surface area contributed by atoms with Gasteiger partial charge >= 0.3 is 5.97 Å². The SMILES string of the molecule is C=CCNC(C)(C(=O)O)c1ccc2c(c1)OCCCO2. The van der Waals surface area contributed by atoms with Gasteiger partial charge in [0.15, 0.2) is 11.5 Å². The van der Waals surface area contributed by atoms with Crippen molar-refractivity contribution in [1.29, 1.82) is 0 Å². The topological polar surface area (TPSA) is 67.8 Å². The Balaban J connectivity index is 2.36. The van der Waals surface area contributed by atoms with Crippen molar-refractivity contribution in [3.63, 3.8) is 0 Å². The second-order valence-electron chi connectivity index (χ2n) is 4.81. The minimum atomic E-state index is -1.20. The van der Waals surface area contributed by atoms with Crippen molar-refractivity contribution < 1.29 is 19.4 Å². The predicted molar refractivity (Wildman–Crippen MR) is 75.2 cm³/mol. The van der Waals surface area contributed by atoms with Crippen LogP contribution in [0.1, 0.15) is 18.9 Å². The van der Waals surface area contributed by atoms with Crippen LogP contribution in [0.3, 0.4) is 0 Å². The molecule has 0 fully saturated rings. The van der Waals surface area contributed by atoms with E-state index in [0.717, 1.165) is 6.42 Å². The molecule has 2 rings (SSSR count). The minimum Gasteiger partial charge on any atom is -0.490 e. The molecule has 1 aromatic carbocycles. The minimum absolute atomic E-state index is 0.400. The van der Waals surface area contributed by atoms with E-state index in [1.165, 1.54) is 0 Å². The molecule has 1 aromatic rings. The largest absolute Gasteiger partial charge is 0.490 e. The standard InChI is InChI=1S/C15H19NO4/c1-3-7-16-15(2,14(17)18)11-5-6-12-13(10-11)20-9-4-8-19-12/h3,5-6,10,16H,1,4,7-9H2,2H3,(H,17,18). The van der Waals surface area contributed by atoms with Crippen molar-refractivity contribution in [3.8, 4) is 11.5 Å². The summed E-state index contributed by atoms with van der Waals surface area (Å²) in [5.74, 6) is 0.296. The first-order valence-corrected chi connectivity index (χ1v) is 6.57. The van der Waals surface area contributed by atoms with Gasteiger partial charge in [-0.1, -0.05) is 12.1 Å². The number of aliphatic carboxylic acids is 1. The Bertz CT molecular complexity index is 515. The zero-order valence-corrected chi connectivity index (χ0v) is 11.5. The van der Waals surface area contributed by atoms with E-state index < -0.39 is 11.5 Å². The molecule has 0 bridgehead atoms. The molecule has 1 unspecified atom stereocenters. The van der Waals surface area contributed by atoms with E-state index in [0.29, 0.717) is 36.8 Å². The van der Waals surface area contributed by atoms with Gasteiger partial charge in [0.1, 0.15) is 5.54 Å². The fraction of sp³-hybridized carbons (Fsp3) is 0.400. The molecule has 1 aliphatic rings. The third kappa shape index (κ3) is 2.77. The van der Waals surface area contributed by atoms with Crippen molar-refractivity contribution in [2.75, 3.05) is 19.8 Å². The zero-order chi connectivity index (χ0) is 14.6. The molecule has 20 heavy (non-hydrogen) atoms. The third-order valence-electron chi connectivity index (χ3n) is 3.35. The summed E-state index contributed by atoms with van der Waals surface area (Å²) in [7, 11) is 0. The number of carbonyl (C=O) groups is 1. The van der Waals surface area contributed by atoms with Gasteiger partial charge in [-0.05, 0) is 24.6 Å². The van der Waals surface area contributed by atoms with Crippen LogP contribution in [0.25, 0.3) is 0 Å². The highest BCUT2D eigenvalue weighted by atomic mass is 16.5. The van der Waals surface area contributed by atoms with Gasteiger partial charge < -0.3 is 14.6 Å². The number of ether oxygens (including phenoxy) is 2. The second-order valence-corrected chi connectivity index (χ2v) is 4.81. The molecule has 0 saturated carbocycles. The van der Waals surface area contributed by atoms with Crippen LogP contribution in [-0.2, 0) is 10.3 Å². The van der Waals surface area contributed by atoms with Gasteiger partial charge in [0.05, 0.1) is 13.2 Å². The van der Waals surface area contributed by atoms with Crippen molar-refractivity contribution in [3.05, 3.63) is 36.4 Å². The Morgan fingerprint density at radius 1 is 1.45 bits per heavy atom. The predicted octanol–water partition coefficient (Wildman–Crippen LogP) is 1.92. The molecule has 0 aliphatic carbocycles. The molecule has 1 atom stereocenters. The Kier molecular flexibility index (Phi) is 4.29. The lowest BCUT2D eigenvalue weighted by Gasteiger charge is -2.27. The molecule has 5 nitrogen and oxygen atoms in total. The highest BCUT2D eigenvalue weighted by Crippen LogP contribution is 2.34. The second kappa shape index (κ2) is 5.96. The first-order valence-electron chi connectivity index (χ1n) is 6.57. The number of hydrogen-bond donors (Lipinski definition) is 2. The fourth-order valence-electron chi connectivity index (χ4n) is 2.05. The quantitative estimate of drug-likeness (QED) is 0.805. The maximum Gasteiger partial charge on any atom is 0.328 e. The van der Waals surface area contributed by atoms with Gasteiger partial charge in [-0.15, -0.1) is 6.58 Å². The third-order valence-corrected chi connectivity index (χ3v) is 3.35. The summed E-state index contributed by atoms with van der Waals surface area (Å²) in [6.07, 6.45) is 2.44. The molecular weight excluding hydrogens is 258 g/mol. The average molecular weight is 277 g/mol. The monoisotopic (exact) mass is 277 g/mol. The lowest BCUT2D eigenvalue weighted by atomic mass is 9.91. The van der Waals surface area contributed by atoms with Crippen LogP contribution in [0.15, 0.2) is 30.9 Å². The Labute approximate surface area is 118 Å². The van der Waals surface area contributed by atoms with Crippen LogP contribution in [0.2, 0.25) is 0 Å². The zero-order valence-electron chi connectivity index (χ0n) is 11.5. The summed E-state index contributed by atoms with van der Waals surface area (Å²) in [6, 6.07) is 5.23. The van der Waals surface area contributed by atoms with Crippen molar-refractivity contribution in [1.82, 2.24) is 5.32 Å². The molecule has 5 heteroatoms. The smallest absolute Gasteiger partial charge is 0.328 e. The maximum absolute atomic E-state index is 11.6. The van der Waals surface area contributed by atoms with Gasteiger partial charge in [-0.3, -0.25) is 5.32 Å². The van der Waals surface area contributed by atoms with Crippen LogP contribution >= 0.6 is 0 Å². The van der Waals surface area contributed by atoms with Crippen LogP contribution in [0.5, 0.6) is 11.5 Å². The molecule has 108 valence electrons. The van der Waals surface area contributed by atoms with Crippen molar-refractivity contribution in [2.24, 2.45) is 0 Å². The maximum atomic E-state index is 11.6. The van der Waals surface area contributed by atoms with Crippen LogP contribution < -0.4 is 14.8 Å². The number of carboxylic acids is 1. The number of nitrogens with one attached hydrogen (secondary N) is 1. The highest BCUT2D eigenvalue weighted by molar-refractivity contribution is 5.80. The molecular formula is C15H19NO4. The molecule has 0 amide bonds. The Morgan fingerprint density at radius 3 is 2.80 bits per heavy atom. The summed E-state index contributed by atoms with van der Waals surface area (Å²) < 4.78 is 11.2. The van der Waals surface area contributed by atoms with E-state index in [2.05, 4.69) is 11.9 Å². The Morgan fingerprint density at radius 2 is 2.15 bits per heavy atom. The van der Waals surface area contributed by atoms with E-state index in [9.17, 15) is 9.90 Å². The van der Waals surface area contributed by atoms with Gasteiger partial charge in [0, 0.05) is 13.0 Å². The number of fused-ring (bicyclic) bond motifs is 1. The molecule has 0 spiro atoms. The van der Waals surface area contributed by atoms with Crippen LogP contribution in [0, 0.1) is 0 Å². The molecule has 0 radical (unpaired) electrons. The molecule has 1 heterocycles. The van der Waals surface area contributed by atoms with Gasteiger partial charge in [0.2, 0.25) is 0 Å². The van der Waals surface area contributed by atoms with Crippen LogP contribution in [-0.4, -0.2) is 30.8 Å². The molecule has 0 saturated heterocycles. The lowest BCUT2D eigenvalue weighted by molar-refractivity contribution is -0.144. The van der Waals surface area contributed by atoms with Crippen LogP contribution in [0.4, 0.5) is 0 Å². The number of hydrogen-bond acceptors (Lipinski definition) is 4. The van der Waals surface area contributed by atoms with Crippen molar-refractivity contribution >= 4 is 5.97 Å². The summed E-state index contributed by atoms with van der Waals surface area (Å²) in [5, 5.41) is 12.5. The van der Waals surface area contributed by atoms with E-state index in [-0.39, 0.29) is 0 Å². The van der Waals surface area contributed by atoms with Gasteiger partial charge in [-0.25, -0.2) is 4.79 Å².